The molecule has 0 bridgehead atoms. The molecule has 1 amide bonds. The quantitative estimate of drug-likeness (QED) is 0.624. The molecule has 2 aromatic carbocycles. The average molecular weight is 423 g/mol. The Labute approximate surface area is 180 Å². The molecule has 3 aromatic rings. The van der Waals surface area contributed by atoms with Crippen LogP contribution < -0.4 is 10.1 Å². The minimum absolute atomic E-state index is 0.175. The van der Waals surface area contributed by atoms with Crippen molar-refractivity contribution in [3.8, 4) is 16.3 Å². The van der Waals surface area contributed by atoms with Crippen LogP contribution in [0.2, 0.25) is 0 Å². The van der Waals surface area contributed by atoms with E-state index in [0.29, 0.717) is 10.7 Å². The number of benzene rings is 2. The monoisotopic (exact) mass is 422 g/mol. The van der Waals surface area contributed by atoms with Crippen LogP contribution in [0.25, 0.3) is 10.6 Å². The van der Waals surface area contributed by atoms with Gasteiger partial charge in [0.2, 0.25) is 5.13 Å². The van der Waals surface area contributed by atoms with E-state index < -0.39 is 0 Å². The first-order chi connectivity index (χ1) is 14.6. The third kappa shape index (κ3) is 5.04. The molecule has 1 unspecified atom stereocenters. The van der Waals surface area contributed by atoms with Gasteiger partial charge >= 0.3 is 0 Å². The van der Waals surface area contributed by atoms with Crippen LogP contribution in [0.1, 0.15) is 35.7 Å². The van der Waals surface area contributed by atoms with Crippen molar-refractivity contribution in [2.24, 2.45) is 5.92 Å². The molecule has 0 saturated carbocycles. The number of amides is 1. The van der Waals surface area contributed by atoms with E-state index in [1.54, 1.807) is 7.11 Å². The van der Waals surface area contributed by atoms with E-state index in [1.165, 1.54) is 29.7 Å². The molecule has 1 aliphatic rings. The van der Waals surface area contributed by atoms with Gasteiger partial charge in [-0.1, -0.05) is 30.4 Å². The highest BCUT2D eigenvalue weighted by atomic mass is 32.1. The van der Waals surface area contributed by atoms with E-state index in [9.17, 15) is 4.79 Å². The zero-order valence-corrected chi connectivity index (χ0v) is 18.1. The molecule has 1 saturated heterocycles. The lowest BCUT2D eigenvalue weighted by Gasteiger charge is -2.30. The normalized spacial score (nSPS) is 16.9. The van der Waals surface area contributed by atoms with E-state index >= 15 is 0 Å². The number of methoxy groups -OCH3 is 1. The number of anilines is 1. The number of likely N-dealkylation sites (tertiary alicyclic amines) is 1. The Morgan fingerprint density at radius 2 is 1.93 bits per heavy atom. The molecule has 1 aliphatic heterocycles. The second-order valence-corrected chi connectivity index (χ2v) is 8.75. The van der Waals surface area contributed by atoms with Gasteiger partial charge in [-0.3, -0.25) is 15.0 Å². The van der Waals surface area contributed by atoms with Gasteiger partial charge in [0.25, 0.3) is 5.91 Å². The smallest absolute Gasteiger partial charge is 0.257 e. The Morgan fingerprint density at radius 3 is 2.63 bits per heavy atom. The third-order valence-corrected chi connectivity index (χ3v) is 6.23. The highest BCUT2D eigenvalue weighted by molar-refractivity contribution is 7.18. The second kappa shape index (κ2) is 9.36. The molecule has 0 spiro atoms. The highest BCUT2D eigenvalue weighted by Gasteiger charge is 2.17. The minimum atomic E-state index is -0.175. The predicted molar refractivity (Wildman–Crippen MR) is 120 cm³/mol. The summed E-state index contributed by atoms with van der Waals surface area (Å²) in [6.07, 6.45) is 2.59. The summed E-state index contributed by atoms with van der Waals surface area (Å²) in [7, 11) is 1.63. The van der Waals surface area contributed by atoms with Crippen molar-refractivity contribution in [2.45, 2.75) is 26.3 Å². The summed E-state index contributed by atoms with van der Waals surface area (Å²) in [6, 6.07) is 15.4. The molecule has 6 nitrogen and oxygen atoms in total. The van der Waals surface area contributed by atoms with Crippen LogP contribution in [0.3, 0.4) is 0 Å². The molecule has 0 aliphatic carbocycles. The Kier molecular flexibility index (Phi) is 6.40. The van der Waals surface area contributed by atoms with Crippen LogP contribution >= 0.6 is 11.3 Å². The molecular formula is C23H26N4O2S. The van der Waals surface area contributed by atoms with Crippen molar-refractivity contribution >= 4 is 22.4 Å². The highest BCUT2D eigenvalue weighted by Crippen LogP contribution is 2.28. The van der Waals surface area contributed by atoms with Crippen LogP contribution in [0.4, 0.5) is 5.13 Å². The Bertz CT molecular complexity index is 985. The van der Waals surface area contributed by atoms with Gasteiger partial charge in [0, 0.05) is 24.2 Å². The van der Waals surface area contributed by atoms with Gasteiger partial charge in [0.05, 0.1) is 7.11 Å². The fraction of sp³-hybridized carbons (Fsp3) is 0.348. The maximum absolute atomic E-state index is 12.6. The summed E-state index contributed by atoms with van der Waals surface area (Å²) >= 11 is 1.35. The van der Waals surface area contributed by atoms with Crippen molar-refractivity contribution < 1.29 is 9.53 Å². The van der Waals surface area contributed by atoms with Crippen molar-refractivity contribution in [1.29, 1.82) is 0 Å². The number of carbonyl (C=O) groups is 1. The first-order valence-electron chi connectivity index (χ1n) is 10.2. The summed E-state index contributed by atoms with van der Waals surface area (Å²) in [6.45, 7) is 5.55. The Balaban J connectivity index is 1.36. The molecule has 1 N–H and O–H groups in total. The zero-order valence-electron chi connectivity index (χ0n) is 17.3. The molecule has 7 heteroatoms. The van der Waals surface area contributed by atoms with E-state index in [1.807, 2.05) is 48.5 Å². The summed E-state index contributed by atoms with van der Waals surface area (Å²) in [4.78, 5) is 15.1. The van der Waals surface area contributed by atoms with Crippen molar-refractivity contribution in [3.05, 3.63) is 59.7 Å². The lowest BCUT2D eigenvalue weighted by molar-refractivity contribution is 0.102. The lowest BCUT2D eigenvalue weighted by atomic mass is 9.99. The van der Waals surface area contributed by atoms with Crippen LogP contribution in [0.5, 0.6) is 5.75 Å². The van der Waals surface area contributed by atoms with Crippen LogP contribution in [-0.4, -0.2) is 41.2 Å². The second-order valence-electron chi connectivity index (χ2n) is 7.77. The van der Waals surface area contributed by atoms with Crippen molar-refractivity contribution in [3.63, 3.8) is 0 Å². The molecule has 30 heavy (non-hydrogen) atoms. The number of nitrogens with zero attached hydrogens (tertiary/aromatic N) is 3. The maximum Gasteiger partial charge on any atom is 0.257 e. The Morgan fingerprint density at radius 1 is 1.17 bits per heavy atom. The van der Waals surface area contributed by atoms with Gasteiger partial charge in [-0.25, -0.2) is 0 Å². The maximum atomic E-state index is 12.6. The molecule has 2 heterocycles. The summed E-state index contributed by atoms with van der Waals surface area (Å²) in [5.74, 6) is 1.37. The topological polar surface area (TPSA) is 67.4 Å². The fourth-order valence-electron chi connectivity index (χ4n) is 3.74. The minimum Gasteiger partial charge on any atom is -0.497 e. The number of hydrogen-bond acceptors (Lipinski definition) is 6. The molecular weight excluding hydrogens is 396 g/mol. The standard InChI is InChI=1S/C23H26N4O2S/c1-16-4-3-13-27(14-16)15-17-5-7-18(8-6-17)21(28)24-23-26-25-22(30-23)19-9-11-20(29-2)12-10-19/h5-12,16H,3-4,13-15H2,1-2H3,(H,24,26,28). The number of aromatic nitrogens is 2. The largest absolute Gasteiger partial charge is 0.497 e. The number of rotatable bonds is 6. The summed E-state index contributed by atoms with van der Waals surface area (Å²) < 4.78 is 5.18. The van der Waals surface area contributed by atoms with Crippen LogP contribution in [0.15, 0.2) is 48.5 Å². The average Bonchev–Trinajstić information content (AvgIpc) is 3.23. The first-order valence-corrected chi connectivity index (χ1v) is 11.0. The zero-order chi connectivity index (χ0) is 20.9. The predicted octanol–water partition coefficient (Wildman–Crippen LogP) is 4.70. The van der Waals surface area contributed by atoms with E-state index in [4.69, 9.17) is 4.74 Å². The molecule has 0 radical (unpaired) electrons. The Hall–Kier alpha value is -2.77. The number of nitrogens with one attached hydrogen (secondary N) is 1. The number of carbonyl (C=O) groups excluding carboxylic acids is 1. The van der Waals surface area contributed by atoms with Gasteiger partial charge in [-0.2, -0.15) is 0 Å². The third-order valence-electron chi connectivity index (χ3n) is 5.35. The number of piperidine rings is 1. The van der Waals surface area contributed by atoms with Crippen LogP contribution in [-0.2, 0) is 6.54 Å². The van der Waals surface area contributed by atoms with Gasteiger partial charge in [-0.15, -0.1) is 10.2 Å². The van der Waals surface area contributed by atoms with Gasteiger partial charge in [-0.05, 0) is 67.3 Å². The number of ether oxygens (including phenoxy) is 1. The SMILES string of the molecule is COc1ccc(-c2nnc(NC(=O)c3ccc(CN4CCCC(C)C4)cc3)s2)cc1. The molecule has 1 atom stereocenters. The van der Waals surface area contributed by atoms with Crippen LogP contribution in [0, 0.1) is 5.92 Å². The molecule has 4 rings (SSSR count). The molecule has 156 valence electrons. The lowest BCUT2D eigenvalue weighted by Crippen LogP contribution is -2.33. The van der Waals surface area contributed by atoms with E-state index in [2.05, 4.69) is 27.3 Å². The summed E-state index contributed by atoms with van der Waals surface area (Å²) in [5, 5.41) is 12.4. The molecule has 1 aromatic heterocycles. The van der Waals surface area contributed by atoms with Crippen molar-refractivity contribution in [1.82, 2.24) is 15.1 Å². The van der Waals surface area contributed by atoms with Gasteiger partial charge in [0.1, 0.15) is 10.8 Å². The van der Waals surface area contributed by atoms with E-state index in [0.717, 1.165) is 41.9 Å². The van der Waals surface area contributed by atoms with Crippen molar-refractivity contribution in [2.75, 3.05) is 25.5 Å². The van der Waals surface area contributed by atoms with E-state index in [-0.39, 0.29) is 5.91 Å². The first kappa shape index (κ1) is 20.5. The summed E-state index contributed by atoms with van der Waals surface area (Å²) in [5.41, 5.74) is 2.79. The number of hydrogen-bond donors (Lipinski definition) is 1. The fourth-order valence-corrected chi connectivity index (χ4v) is 4.49. The van der Waals surface area contributed by atoms with Gasteiger partial charge < -0.3 is 4.74 Å². The molecule has 1 fully saturated rings. The van der Waals surface area contributed by atoms with Gasteiger partial charge in [0.15, 0.2) is 0 Å².